The number of amides is 1. The van der Waals surface area contributed by atoms with E-state index in [4.69, 9.17) is 11.6 Å². The fourth-order valence-electron chi connectivity index (χ4n) is 2.76. The second-order valence-corrected chi connectivity index (χ2v) is 6.31. The van der Waals surface area contributed by atoms with Crippen molar-refractivity contribution in [1.82, 2.24) is 4.90 Å². The summed E-state index contributed by atoms with van der Waals surface area (Å²) in [7, 11) is 0. The van der Waals surface area contributed by atoms with Gasteiger partial charge in [-0.3, -0.25) is 4.79 Å². The zero-order valence-corrected chi connectivity index (χ0v) is 13.6. The van der Waals surface area contributed by atoms with Crippen LogP contribution in [0.1, 0.15) is 42.5 Å². The van der Waals surface area contributed by atoms with E-state index in [0.717, 1.165) is 25.7 Å². The average molecular weight is 363 g/mol. The highest BCUT2D eigenvalue weighted by Crippen LogP contribution is 2.26. The minimum absolute atomic E-state index is 0.120. The minimum atomic E-state index is -0.493. The summed E-state index contributed by atoms with van der Waals surface area (Å²) in [6.07, 6.45) is 5.43. The highest BCUT2D eigenvalue weighted by molar-refractivity contribution is 9.10. The first kappa shape index (κ1) is 15.8. The lowest BCUT2D eigenvalue weighted by Gasteiger charge is -2.34. The molecule has 0 radical (unpaired) electrons. The highest BCUT2D eigenvalue weighted by Gasteiger charge is 2.27. The Morgan fingerprint density at radius 2 is 2.05 bits per heavy atom. The number of alkyl halides is 1. The predicted molar refractivity (Wildman–Crippen MR) is 82.7 cm³/mol. The van der Waals surface area contributed by atoms with Crippen molar-refractivity contribution in [3.05, 3.63) is 34.1 Å². The van der Waals surface area contributed by atoms with Gasteiger partial charge < -0.3 is 4.90 Å². The van der Waals surface area contributed by atoms with Crippen molar-refractivity contribution in [3.63, 3.8) is 0 Å². The quantitative estimate of drug-likeness (QED) is 0.717. The van der Waals surface area contributed by atoms with Gasteiger partial charge in [0.15, 0.2) is 0 Å². The van der Waals surface area contributed by atoms with Crippen LogP contribution in [0, 0.1) is 5.82 Å². The molecule has 0 saturated heterocycles. The molecule has 0 bridgehead atoms. The first-order chi connectivity index (χ1) is 9.65. The van der Waals surface area contributed by atoms with Gasteiger partial charge in [0.2, 0.25) is 0 Å². The maximum atomic E-state index is 14.1. The molecule has 1 aliphatic carbocycles. The van der Waals surface area contributed by atoms with Crippen LogP contribution in [-0.2, 0) is 0 Å². The summed E-state index contributed by atoms with van der Waals surface area (Å²) < 4.78 is 14.4. The predicted octanol–water partition coefficient (Wildman–Crippen LogP) is 4.60. The lowest BCUT2D eigenvalue weighted by Crippen LogP contribution is -2.43. The SMILES string of the molecule is O=C(c1cccc(Br)c1F)N(CCCl)C1CCCCC1. The molecule has 20 heavy (non-hydrogen) atoms. The van der Waals surface area contributed by atoms with Crippen LogP contribution in [0.2, 0.25) is 0 Å². The van der Waals surface area contributed by atoms with Crippen LogP contribution in [0.25, 0.3) is 0 Å². The van der Waals surface area contributed by atoms with E-state index in [0.29, 0.717) is 16.9 Å². The first-order valence-corrected chi connectivity index (χ1v) is 8.29. The van der Waals surface area contributed by atoms with Gasteiger partial charge in [0.05, 0.1) is 10.0 Å². The van der Waals surface area contributed by atoms with Crippen LogP contribution < -0.4 is 0 Å². The lowest BCUT2D eigenvalue weighted by atomic mass is 9.93. The maximum absolute atomic E-state index is 14.1. The molecule has 2 nitrogen and oxygen atoms in total. The molecule has 1 fully saturated rings. The van der Waals surface area contributed by atoms with Crippen molar-refractivity contribution >= 4 is 33.4 Å². The topological polar surface area (TPSA) is 20.3 Å². The molecule has 2 rings (SSSR count). The van der Waals surface area contributed by atoms with Crippen LogP contribution >= 0.6 is 27.5 Å². The minimum Gasteiger partial charge on any atom is -0.334 e. The summed E-state index contributed by atoms with van der Waals surface area (Å²) in [5.74, 6) is -0.373. The van der Waals surface area contributed by atoms with E-state index in [1.54, 1.807) is 17.0 Å². The van der Waals surface area contributed by atoms with Crippen LogP contribution in [0.15, 0.2) is 22.7 Å². The molecular formula is C15H18BrClFNO. The normalized spacial score (nSPS) is 16.1. The number of carbonyl (C=O) groups is 1. The summed E-state index contributed by atoms with van der Waals surface area (Å²) in [6, 6.07) is 5.00. The zero-order valence-electron chi connectivity index (χ0n) is 11.2. The molecule has 0 unspecified atom stereocenters. The summed E-state index contributed by atoms with van der Waals surface area (Å²) in [6.45, 7) is 0.469. The van der Waals surface area contributed by atoms with Gasteiger partial charge >= 0.3 is 0 Å². The molecule has 110 valence electrons. The molecular weight excluding hydrogens is 345 g/mol. The van der Waals surface area contributed by atoms with Crippen LogP contribution in [0.3, 0.4) is 0 Å². The number of benzene rings is 1. The highest BCUT2D eigenvalue weighted by atomic mass is 79.9. The molecule has 1 aromatic carbocycles. The monoisotopic (exact) mass is 361 g/mol. The Morgan fingerprint density at radius 1 is 1.35 bits per heavy atom. The fourth-order valence-corrected chi connectivity index (χ4v) is 3.31. The standard InChI is InChI=1S/C15H18BrClFNO/c16-13-8-4-7-12(14(13)18)15(20)19(10-9-17)11-5-2-1-3-6-11/h4,7-8,11H,1-3,5-6,9-10H2. The van der Waals surface area contributed by atoms with E-state index in [-0.39, 0.29) is 17.5 Å². The Labute approximate surface area is 132 Å². The van der Waals surface area contributed by atoms with Gasteiger partial charge in [-0.1, -0.05) is 25.3 Å². The maximum Gasteiger partial charge on any atom is 0.257 e. The number of rotatable bonds is 4. The van der Waals surface area contributed by atoms with Crippen LogP contribution in [-0.4, -0.2) is 29.3 Å². The van der Waals surface area contributed by atoms with Crippen molar-refractivity contribution in [2.45, 2.75) is 38.1 Å². The number of hydrogen-bond acceptors (Lipinski definition) is 1. The largest absolute Gasteiger partial charge is 0.334 e. The molecule has 0 heterocycles. The molecule has 0 spiro atoms. The average Bonchev–Trinajstić information content (AvgIpc) is 2.48. The van der Waals surface area contributed by atoms with E-state index in [1.807, 2.05) is 0 Å². The van der Waals surface area contributed by atoms with Crippen molar-refractivity contribution in [2.75, 3.05) is 12.4 Å². The third-order valence-electron chi connectivity index (χ3n) is 3.78. The van der Waals surface area contributed by atoms with E-state index in [2.05, 4.69) is 15.9 Å². The van der Waals surface area contributed by atoms with E-state index < -0.39 is 5.82 Å². The van der Waals surface area contributed by atoms with Gasteiger partial charge in [-0.25, -0.2) is 4.39 Å². The van der Waals surface area contributed by atoms with E-state index in [1.165, 1.54) is 12.5 Å². The van der Waals surface area contributed by atoms with Crippen molar-refractivity contribution in [2.24, 2.45) is 0 Å². The molecule has 0 aromatic heterocycles. The third kappa shape index (κ3) is 3.53. The molecule has 0 atom stereocenters. The van der Waals surface area contributed by atoms with Gasteiger partial charge in [-0.2, -0.15) is 0 Å². The van der Waals surface area contributed by atoms with Gasteiger partial charge in [0.1, 0.15) is 5.82 Å². The second-order valence-electron chi connectivity index (χ2n) is 5.08. The molecule has 1 amide bonds. The van der Waals surface area contributed by atoms with Gasteiger partial charge in [0, 0.05) is 18.5 Å². The van der Waals surface area contributed by atoms with Gasteiger partial charge in [0.25, 0.3) is 5.91 Å². The summed E-state index contributed by atoms with van der Waals surface area (Å²) >= 11 is 8.95. The smallest absolute Gasteiger partial charge is 0.257 e. The number of carbonyl (C=O) groups excluding carboxylic acids is 1. The zero-order chi connectivity index (χ0) is 14.5. The Morgan fingerprint density at radius 3 is 2.70 bits per heavy atom. The molecule has 0 N–H and O–H groups in total. The van der Waals surface area contributed by atoms with Crippen molar-refractivity contribution in [3.8, 4) is 0 Å². The summed E-state index contributed by atoms with van der Waals surface area (Å²) in [5.41, 5.74) is 0.120. The lowest BCUT2D eigenvalue weighted by molar-refractivity contribution is 0.0645. The Kier molecular flexibility index (Phi) is 5.85. The number of halogens is 3. The molecule has 1 aromatic rings. The summed E-state index contributed by atoms with van der Waals surface area (Å²) in [5, 5.41) is 0. The number of hydrogen-bond donors (Lipinski definition) is 0. The Balaban J connectivity index is 2.23. The molecule has 5 heteroatoms. The first-order valence-electron chi connectivity index (χ1n) is 6.96. The molecule has 0 aliphatic heterocycles. The van der Waals surface area contributed by atoms with Gasteiger partial charge in [-0.15, -0.1) is 11.6 Å². The van der Waals surface area contributed by atoms with Crippen molar-refractivity contribution in [1.29, 1.82) is 0 Å². The third-order valence-corrected chi connectivity index (χ3v) is 4.57. The number of nitrogens with zero attached hydrogens (tertiary/aromatic N) is 1. The fraction of sp³-hybridized carbons (Fsp3) is 0.533. The van der Waals surface area contributed by atoms with Crippen LogP contribution in [0.5, 0.6) is 0 Å². The van der Waals surface area contributed by atoms with Gasteiger partial charge in [-0.05, 0) is 40.9 Å². The van der Waals surface area contributed by atoms with Crippen molar-refractivity contribution < 1.29 is 9.18 Å². The second kappa shape index (κ2) is 7.41. The Hall–Kier alpha value is -0.610. The Bertz CT molecular complexity index is 477. The van der Waals surface area contributed by atoms with E-state index >= 15 is 0 Å². The van der Waals surface area contributed by atoms with Crippen LogP contribution in [0.4, 0.5) is 4.39 Å². The van der Waals surface area contributed by atoms with E-state index in [9.17, 15) is 9.18 Å². The molecule has 1 aliphatic rings. The molecule has 1 saturated carbocycles. The summed E-state index contributed by atoms with van der Waals surface area (Å²) in [4.78, 5) is 14.4.